The lowest BCUT2D eigenvalue weighted by Gasteiger charge is -2.28. The average molecular weight is 288 g/mol. The fourth-order valence-corrected chi connectivity index (χ4v) is 2.01. The van der Waals surface area contributed by atoms with Crippen molar-refractivity contribution in [1.29, 1.82) is 0 Å². The van der Waals surface area contributed by atoms with Crippen LogP contribution in [-0.4, -0.2) is 18.0 Å². The molecule has 0 aromatic rings. The lowest BCUT2D eigenvalue weighted by molar-refractivity contribution is 0.221. The molecule has 4 heteroatoms. The number of fused-ring (bicyclic) bond motifs is 1. The Kier molecular flexibility index (Phi) is 2.15. The second-order valence-corrected chi connectivity index (χ2v) is 4.41. The summed E-state index contributed by atoms with van der Waals surface area (Å²) in [4.78, 5) is 12.9. The first-order valence-corrected chi connectivity index (χ1v) is 5.06. The summed E-state index contributed by atoms with van der Waals surface area (Å²) in [6.07, 6.45) is 6.73. The van der Waals surface area contributed by atoms with E-state index in [2.05, 4.69) is 27.9 Å². The molecule has 0 radical (unpaired) electrons. The molecule has 1 heterocycles. The minimum Gasteiger partial charge on any atom is -0.314 e. The van der Waals surface area contributed by atoms with Crippen LogP contribution in [0.2, 0.25) is 0 Å². The van der Waals surface area contributed by atoms with Crippen molar-refractivity contribution in [3.05, 3.63) is 33.2 Å². The summed E-state index contributed by atoms with van der Waals surface area (Å²) < 4.78 is 1.29. The smallest absolute Gasteiger partial charge is 0.314 e. The Balaban J connectivity index is 2.41. The standard InChI is InChI=1S/C9H9IN2O/c1-12-8-3-2-7(10)4-6(8)5-11-9(12)13/h2-3,5H,4H2,1H3,(H,11,13). The van der Waals surface area contributed by atoms with Gasteiger partial charge in [0, 0.05) is 19.7 Å². The van der Waals surface area contributed by atoms with Crippen LogP contribution in [0.3, 0.4) is 0 Å². The van der Waals surface area contributed by atoms with E-state index in [1.165, 1.54) is 9.15 Å². The molecule has 0 saturated carbocycles. The minimum absolute atomic E-state index is 0.0692. The van der Waals surface area contributed by atoms with Gasteiger partial charge in [0.1, 0.15) is 0 Å². The molecule has 0 atom stereocenters. The molecule has 0 spiro atoms. The van der Waals surface area contributed by atoms with E-state index in [1.807, 2.05) is 12.2 Å². The molecule has 0 saturated heterocycles. The summed E-state index contributed by atoms with van der Waals surface area (Å²) >= 11 is 2.30. The zero-order valence-electron chi connectivity index (χ0n) is 7.17. The third-order valence-corrected chi connectivity index (χ3v) is 2.89. The number of allylic oxidation sites excluding steroid dienone is 4. The third kappa shape index (κ3) is 1.50. The molecule has 1 aliphatic carbocycles. The quantitative estimate of drug-likeness (QED) is 0.680. The van der Waals surface area contributed by atoms with E-state index >= 15 is 0 Å². The Morgan fingerprint density at radius 2 is 2.31 bits per heavy atom. The van der Waals surface area contributed by atoms with Crippen molar-refractivity contribution in [2.45, 2.75) is 6.42 Å². The van der Waals surface area contributed by atoms with E-state index < -0.39 is 0 Å². The fourth-order valence-electron chi connectivity index (χ4n) is 1.42. The molecule has 0 unspecified atom stereocenters. The molecular weight excluding hydrogens is 279 g/mol. The summed E-state index contributed by atoms with van der Waals surface area (Å²) in [7, 11) is 1.78. The first-order chi connectivity index (χ1) is 6.18. The van der Waals surface area contributed by atoms with Crippen LogP contribution in [0.5, 0.6) is 0 Å². The van der Waals surface area contributed by atoms with Gasteiger partial charge in [0.2, 0.25) is 0 Å². The monoisotopic (exact) mass is 288 g/mol. The molecule has 2 aliphatic rings. The number of carbonyl (C=O) groups is 1. The van der Waals surface area contributed by atoms with Gasteiger partial charge in [-0.3, -0.25) is 4.90 Å². The maximum absolute atomic E-state index is 11.2. The lowest BCUT2D eigenvalue weighted by atomic mass is 10.0. The lowest BCUT2D eigenvalue weighted by Crippen LogP contribution is -2.38. The van der Waals surface area contributed by atoms with Gasteiger partial charge in [-0.2, -0.15) is 0 Å². The van der Waals surface area contributed by atoms with Gasteiger partial charge in [-0.15, -0.1) is 0 Å². The average Bonchev–Trinajstić information content (AvgIpc) is 2.12. The number of likely N-dealkylation sites (N-methyl/N-ethyl adjacent to an activating group) is 1. The second-order valence-electron chi connectivity index (χ2n) is 3.02. The van der Waals surface area contributed by atoms with Crippen molar-refractivity contribution >= 4 is 28.6 Å². The number of nitrogens with zero attached hydrogens (tertiary/aromatic N) is 1. The Labute approximate surface area is 90.3 Å². The van der Waals surface area contributed by atoms with E-state index in [0.29, 0.717) is 0 Å². The summed E-state index contributed by atoms with van der Waals surface area (Å²) in [6, 6.07) is -0.0692. The highest BCUT2D eigenvalue weighted by molar-refractivity contribution is 14.1. The van der Waals surface area contributed by atoms with E-state index in [-0.39, 0.29) is 6.03 Å². The molecule has 0 aromatic heterocycles. The summed E-state index contributed by atoms with van der Waals surface area (Å²) in [5.74, 6) is 0. The number of halogens is 1. The van der Waals surface area contributed by atoms with Crippen LogP contribution < -0.4 is 5.32 Å². The van der Waals surface area contributed by atoms with Crippen LogP contribution in [-0.2, 0) is 0 Å². The van der Waals surface area contributed by atoms with Gasteiger partial charge in [0.15, 0.2) is 0 Å². The molecular formula is C9H9IN2O. The number of amides is 2. The molecule has 1 N–H and O–H groups in total. The molecule has 68 valence electrons. The zero-order valence-corrected chi connectivity index (χ0v) is 9.33. The van der Waals surface area contributed by atoms with Crippen molar-refractivity contribution in [3.8, 4) is 0 Å². The number of nitrogens with one attached hydrogen (secondary N) is 1. The molecule has 0 fully saturated rings. The van der Waals surface area contributed by atoms with Gasteiger partial charge in [-0.25, -0.2) is 4.79 Å². The van der Waals surface area contributed by atoms with Crippen molar-refractivity contribution in [2.24, 2.45) is 0 Å². The van der Waals surface area contributed by atoms with Crippen molar-refractivity contribution in [3.63, 3.8) is 0 Å². The van der Waals surface area contributed by atoms with Gasteiger partial charge in [0.25, 0.3) is 0 Å². The molecule has 3 nitrogen and oxygen atoms in total. The topological polar surface area (TPSA) is 32.3 Å². The van der Waals surface area contributed by atoms with Crippen LogP contribution in [0.15, 0.2) is 33.2 Å². The summed E-state index contributed by atoms with van der Waals surface area (Å²) in [5.41, 5.74) is 2.18. The predicted molar refractivity (Wildman–Crippen MR) is 59.2 cm³/mol. The fraction of sp³-hybridized carbons (Fsp3) is 0.222. The SMILES string of the molecule is CN1C(=O)NC=C2CC(I)=CC=C21. The third-order valence-electron chi connectivity index (χ3n) is 2.15. The van der Waals surface area contributed by atoms with Crippen LogP contribution >= 0.6 is 22.6 Å². The van der Waals surface area contributed by atoms with Crippen LogP contribution in [0.4, 0.5) is 4.79 Å². The first-order valence-electron chi connectivity index (χ1n) is 3.98. The van der Waals surface area contributed by atoms with E-state index in [9.17, 15) is 4.79 Å². The van der Waals surface area contributed by atoms with Crippen molar-refractivity contribution in [2.75, 3.05) is 7.05 Å². The normalized spacial score (nSPS) is 21.2. The highest BCUT2D eigenvalue weighted by Gasteiger charge is 2.22. The molecule has 2 amide bonds. The highest BCUT2D eigenvalue weighted by atomic mass is 127. The van der Waals surface area contributed by atoms with Gasteiger partial charge in [-0.05, 0) is 37.8 Å². The second kappa shape index (κ2) is 3.17. The molecule has 2 rings (SSSR count). The maximum Gasteiger partial charge on any atom is 0.325 e. The number of hydrogen-bond acceptors (Lipinski definition) is 1. The highest BCUT2D eigenvalue weighted by Crippen LogP contribution is 2.30. The summed E-state index contributed by atoms with van der Waals surface area (Å²) in [6.45, 7) is 0. The van der Waals surface area contributed by atoms with E-state index in [0.717, 1.165) is 12.1 Å². The predicted octanol–water partition coefficient (Wildman–Crippen LogP) is 2.13. The van der Waals surface area contributed by atoms with Gasteiger partial charge in [0.05, 0.1) is 5.70 Å². The van der Waals surface area contributed by atoms with E-state index in [1.54, 1.807) is 18.1 Å². The number of carbonyl (C=O) groups excluding carboxylic acids is 1. The van der Waals surface area contributed by atoms with Gasteiger partial charge < -0.3 is 5.32 Å². The molecule has 13 heavy (non-hydrogen) atoms. The van der Waals surface area contributed by atoms with E-state index in [4.69, 9.17) is 0 Å². The molecule has 0 aromatic carbocycles. The Morgan fingerprint density at radius 3 is 3.08 bits per heavy atom. The van der Waals surface area contributed by atoms with Crippen LogP contribution in [0.25, 0.3) is 0 Å². The van der Waals surface area contributed by atoms with Crippen molar-refractivity contribution in [1.82, 2.24) is 10.2 Å². The minimum atomic E-state index is -0.0692. The van der Waals surface area contributed by atoms with Crippen molar-refractivity contribution < 1.29 is 4.79 Å². The van der Waals surface area contributed by atoms with Crippen LogP contribution in [0, 0.1) is 0 Å². The Bertz CT molecular complexity index is 355. The zero-order chi connectivity index (χ0) is 9.42. The Hall–Kier alpha value is -0.780. The van der Waals surface area contributed by atoms with Gasteiger partial charge >= 0.3 is 6.03 Å². The Morgan fingerprint density at radius 1 is 1.54 bits per heavy atom. The van der Waals surface area contributed by atoms with Crippen LogP contribution in [0.1, 0.15) is 6.42 Å². The number of rotatable bonds is 0. The first kappa shape index (κ1) is 8.80. The molecule has 0 bridgehead atoms. The number of urea groups is 1. The largest absolute Gasteiger partial charge is 0.325 e. The molecule has 1 aliphatic heterocycles. The summed E-state index contributed by atoms with van der Waals surface area (Å²) in [5, 5.41) is 2.71. The number of hydrogen-bond donors (Lipinski definition) is 1. The maximum atomic E-state index is 11.2. The van der Waals surface area contributed by atoms with Gasteiger partial charge in [-0.1, -0.05) is 6.08 Å².